The third-order valence-corrected chi connectivity index (χ3v) is 14.3. The number of carbonyl (C=O) groups is 8. The molecule has 18 heteroatoms. The lowest BCUT2D eigenvalue weighted by molar-refractivity contribution is -0.165. The standard InChI is InChI=1S/C51H71N9O9/c1-50(2,3)42(48(67)60-28-31-18-14-19-32(31)41(60)49(68)69-51(4,5)6)58-46(65)40(30-16-10-9-11-17-30)57-44(63)37-27-54-36(26-55-37)43(62)53-25-13-8-7-12-24-52-35-21-15-20-33-34(35)29-59(47(33)66)38-22-23-39(61)56-45(38)64/h15,20-21,26-27,30-32,38,40-42,52H,7-14,16-19,22-25,28-29H2,1-6H3,(H,53,62)(H,57,63)(H,58,65)(H,56,61,64)/t31-,32-,38?,40-,41-,42+/m0/s1. The van der Waals surface area contributed by atoms with Crippen LogP contribution in [0.25, 0.3) is 0 Å². The smallest absolute Gasteiger partial charge is 0.329 e. The first-order chi connectivity index (χ1) is 32.8. The molecule has 3 aliphatic heterocycles. The van der Waals surface area contributed by atoms with Crippen molar-refractivity contribution in [3.63, 3.8) is 0 Å². The Morgan fingerprint density at radius 1 is 0.812 bits per heavy atom. The van der Waals surface area contributed by atoms with Crippen molar-refractivity contribution in [2.24, 2.45) is 23.2 Å². The van der Waals surface area contributed by atoms with Crippen LogP contribution in [0.15, 0.2) is 30.6 Å². The van der Waals surface area contributed by atoms with Crippen LogP contribution in [-0.2, 0) is 35.3 Å². The largest absolute Gasteiger partial charge is 0.458 e. The van der Waals surface area contributed by atoms with Gasteiger partial charge in [0.25, 0.3) is 17.7 Å². The number of fused-ring (bicyclic) bond motifs is 2. The molecule has 4 heterocycles. The van der Waals surface area contributed by atoms with Gasteiger partial charge in [-0.15, -0.1) is 0 Å². The molecular formula is C51H71N9O9. The van der Waals surface area contributed by atoms with Crippen molar-refractivity contribution < 1.29 is 43.1 Å². The zero-order valence-electron chi connectivity index (χ0n) is 41.1. The van der Waals surface area contributed by atoms with E-state index in [0.717, 1.165) is 88.3 Å². The van der Waals surface area contributed by atoms with Gasteiger partial charge in [0.1, 0.15) is 41.2 Å². The van der Waals surface area contributed by atoms with Crippen molar-refractivity contribution in [3.05, 3.63) is 53.1 Å². The first-order valence-corrected chi connectivity index (χ1v) is 25.1. The van der Waals surface area contributed by atoms with Crippen LogP contribution < -0.4 is 26.6 Å². The van der Waals surface area contributed by atoms with Crippen molar-refractivity contribution in [1.29, 1.82) is 0 Å². The molecule has 18 nitrogen and oxygen atoms in total. The van der Waals surface area contributed by atoms with E-state index in [0.29, 0.717) is 38.2 Å². The van der Waals surface area contributed by atoms with Crippen LogP contribution in [0.5, 0.6) is 0 Å². The number of ether oxygens (including phenoxy) is 1. The van der Waals surface area contributed by atoms with Crippen molar-refractivity contribution in [2.75, 3.05) is 25.0 Å². The Morgan fingerprint density at radius 2 is 1.51 bits per heavy atom. The number of rotatable bonds is 17. The van der Waals surface area contributed by atoms with Gasteiger partial charge in [-0.05, 0) is 101 Å². The number of unbranched alkanes of at least 4 members (excludes halogenated alkanes) is 3. The Balaban J connectivity index is 0.879. The van der Waals surface area contributed by atoms with E-state index in [4.69, 9.17) is 4.74 Å². The van der Waals surface area contributed by atoms with Gasteiger partial charge < -0.3 is 35.8 Å². The normalized spacial score (nSPS) is 22.6. The number of hydrogen-bond acceptors (Lipinski definition) is 12. The third-order valence-electron chi connectivity index (χ3n) is 14.3. The Labute approximate surface area is 405 Å². The lowest BCUT2D eigenvalue weighted by atomic mass is 9.82. The lowest BCUT2D eigenvalue weighted by Crippen LogP contribution is -2.61. The SMILES string of the molecule is CC(C)(C)OC(=O)[C@@H]1[C@H]2CCC[C@H]2CN1C(=O)[C@@H](NC(=O)[C@@H](NC(=O)c1cnc(C(=O)NCCCCCCNc2cccc3c2CN(C2CCC(=O)NC2=O)C3=O)cn1)C1CCCCC1)C(C)(C)C. The van der Waals surface area contributed by atoms with Gasteiger partial charge >= 0.3 is 5.97 Å². The van der Waals surface area contributed by atoms with Crippen LogP contribution in [0.3, 0.4) is 0 Å². The summed E-state index contributed by atoms with van der Waals surface area (Å²) in [6, 6.07) is 2.15. The van der Waals surface area contributed by atoms with Gasteiger partial charge in [0.05, 0.1) is 12.4 Å². The molecule has 2 aromatic rings. The number of likely N-dealkylation sites (tertiary alicyclic amines) is 1. The number of nitrogens with one attached hydrogen (secondary N) is 5. The molecule has 0 bridgehead atoms. The summed E-state index contributed by atoms with van der Waals surface area (Å²) in [6.07, 6.45) is 13.3. The molecule has 1 aromatic carbocycles. The van der Waals surface area contributed by atoms with Crippen molar-refractivity contribution >= 4 is 53.0 Å². The molecule has 2 saturated carbocycles. The van der Waals surface area contributed by atoms with E-state index in [1.54, 1.807) is 15.9 Å². The lowest BCUT2D eigenvalue weighted by Gasteiger charge is -2.38. The average molecular weight is 954 g/mol. The van der Waals surface area contributed by atoms with Gasteiger partial charge in [-0.25, -0.2) is 14.8 Å². The summed E-state index contributed by atoms with van der Waals surface area (Å²) in [5.74, 6) is -3.24. The highest BCUT2D eigenvalue weighted by molar-refractivity contribution is 6.06. The number of carbonyl (C=O) groups excluding carboxylic acids is 8. The molecule has 374 valence electrons. The first kappa shape index (κ1) is 50.9. The van der Waals surface area contributed by atoms with E-state index in [1.165, 1.54) is 12.4 Å². The van der Waals surface area contributed by atoms with E-state index in [1.807, 2.05) is 53.7 Å². The maximum Gasteiger partial charge on any atom is 0.329 e. The van der Waals surface area contributed by atoms with Crippen molar-refractivity contribution in [1.82, 2.24) is 41.0 Å². The van der Waals surface area contributed by atoms with Crippen LogP contribution in [0.2, 0.25) is 0 Å². The zero-order chi connectivity index (χ0) is 49.6. The molecule has 1 aromatic heterocycles. The molecule has 5 N–H and O–H groups in total. The number of benzene rings is 1. The molecule has 2 aliphatic carbocycles. The van der Waals surface area contributed by atoms with Crippen LogP contribution in [0.1, 0.15) is 168 Å². The van der Waals surface area contributed by atoms with E-state index in [2.05, 4.69) is 36.6 Å². The van der Waals surface area contributed by atoms with Crippen LogP contribution in [0.4, 0.5) is 5.69 Å². The predicted octanol–water partition coefficient (Wildman–Crippen LogP) is 4.82. The van der Waals surface area contributed by atoms with E-state index in [-0.39, 0.29) is 53.3 Å². The summed E-state index contributed by atoms with van der Waals surface area (Å²) in [6.45, 7) is 12.9. The topological polar surface area (TPSA) is 238 Å². The first-order valence-electron chi connectivity index (χ1n) is 25.1. The summed E-state index contributed by atoms with van der Waals surface area (Å²) in [4.78, 5) is 118. The fourth-order valence-corrected chi connectivity index (χ4v) is 10.8. The molecule has 6 atom stereocenters. The Morgan fingerprint density at radius 3 is 2.17 bits per heavy atom. The highest BCUT2D eigenvalue weighted by atomic mass is 16.6. The quantitative estimate of drug-likeness (QED) is 0.0816. The molecule has 0 radical (unpaired) electrons. The molecule has 7 rings (SSSR count). The van der Waals surface area contributed by atoms with Gasteiger partial charge in [-0.3, -0.25) is 38.9 Å². The van der Waals surface area contributed by atoms with E-state index < -0.39 is 64.8 Å². The molecule has 1 unspecified atom stereocenters. The number of amides is 7. The molecule has 0 spiro atoms. The molecule has 7 amide bonds. The predicted molar refractivity (Wildman–Crippen MR) is 255 cm³/mol. The molecule has 5 aliphatic rings. The molecular weight excluding hydrogens is 883 g/mol. The maximum atomic E-state index is 14.6. The monoisotopic (exact) mass is 954 g/mol. The van der Waals surface area contributed by atoms with E-state index >= 15 is 0 Å². The van der Waals surface area contributed by atoms with Gasteiger partial charge in [-0.1, -0.05) is 65.4 Å². The number of anilines is 1. The molecule has 2 saturated heterocycles. The van der Waals surface area contributed by atoms with Gasteiger partial charge in [0.2, 0.25) is 23.6 Å². The Hall–Kier alpha value is -5.94. The summed E-state index contributed by atoms with van der Waals surface area (Å²) < 4.78 is 5.83. The number of hydrogen-bond donors (Lipinski definition) is 5. The second-order valence-electron chi connectivity index (χ2n) is 21.6. The molecule has 69 heavy (non-hydrogen) atoms. The van der Waals surface area contributed by atoms with Crippen LogP contribution >= 0.6 is 0 Å². The second kappa shape index (κ2) is 21.8. The van der Waals surface area contributed by atoms with E-state index in [9.17, 15) is 38.4 Å². The van der Waals surface area contributed by atoms with Crippen molar-refractivity contribution in [2.45, 2.75) is 168 Å². The fraction of sp³-hybridized carbons (Fsp3) is 0.647. The minimum absolute atomic E-state index is 0.00242. The summed E-state index contributed by atoms with van der Waals surface area (Å²) >= 11 is 0. The second-order valence-corrected chi connectivity index (χ2v) is 21.6. The minimum Gasteiger partial charge on any atom is -0.458 e. The third kappa shape index (κ3) is 12.3. The number of aromatic nitrogens is 2. The summed E-state index contributed by atoms with van der Waals surface area (Å²) in [5, 5.41) is 14.6. The number of imide groups is 1. The summed E-state index contributed by atoms with van der Waals surface area (Å²) in [7, 11) is 0. The van der Waals surface area contributed by atoms with Crippen molar-refractivity contribution in [3.8, 4) is 0 Å². The van der Waals surface area contributed by atoms with Gasteiger partial charge in [0.15, 0.2) is 0 Å². The number of esters is 1. The Kier molecular flexibility index (Phi) is 16.1. The zero-order valence-corrected chi connectivity index (χ0v) is 41.1. The molecule has 4 fully saturated rings. The number of nitrogens with zero attached hydrogens (tertiary/aromatic N) is 4. The average Bonchev–Trinajstić information content (AvgIpc) is 4.01. The van der Waals surface area contributed by atoms with Gasteiger partial charge in [-0.2, -0.15) is 0 Å². The summed E-state index contributed by atoms with van der Waals surface area (Å²) in [5.41, 5.74) is 0.778. The minimum atomic E-state index is -0.982. The Bertz CT molecular complexity index is 2270. The fourth-order valence-electron chi connectivity index (χ4n) is 10.8. The van der Waals surface area contributed by atoms with Gasteiger partial charge in [0, 0.05) is 49.4 Å². The van der Waals surface area contributed by atoms with Crippen LogP contribution in [0, 0.1) is 23.2 Å². The number of piperidine rings is 1. The highest BCUT2D eigenvalue weighted by Crippen LogP contribution is 2.44. The maximum absolute atomic E-state index is 14.6. The highest BCUT2D eigenvalue weighted by Gasteiger charge is 2.53. The van der Waals surface area contributed by atoms with Crippen LogP contribution in [-0.4, -0.2) is 116 Å².